The van der Waals surface area contributed by atoms with Crippen LogP contribution in [0.5, 0.6) is 5.75 Å². The Kier molecular flexibility index (Phi) is 2.32. The molecule has 0 aromatic heterocycles. The van der Waals surface area contributed by atoms with E-state index < -0.39 is 6.17 Å². The van der Waals surface area contributed by atoms with Crippen molar-refractivity contribution in [1.82, 2.24) is 0 Å². The number of nitrogens with one attached hydrogen (secondary N) is 1. The largest absolute Gasteiger partial charge is 0.497 e. The molecule has 0 fully saturated rings. The summed E-state index contributed by atoms with van der Waals surface area (Å²) < 4.78 is 18.2. The number of ether oxygens (including phenoxy) is 1. The van der Waals surface area contributed by atoms with E-state index in [0.29, 0.717) is 0 Å². The highest BCUT2D eigenvalue weighted by atomic mass is 19.1. The van der Waals surface area contributed by atoms with E-state index in [0.717, 1.165) is 17.9 Å². The third-order valence-electron chi connectivity index (χ3n) is 2.65. The van der Waals surface area contributed by atoms with Crippen LogP contribution in [0, 0.1) is 0 Å². The summed E-state index contributed by atoms with van der Waals surface area (Å²) >= 11 is 0. The van der Waals surface area contributed by atoms with Crippen LogP contribution in [0.3, 0.4) is 0 Å². The van der Waals surface area contributed by atoms with Crippen LogP contribution in [0.1, 0.15) is 12.5 Å². The van der Waals surface area contributed by atoms with Crippen LogP contribution in [-0.4, -0.2) is 19.3 Å². The van der Waals surface area contributed by atoms with E-state index in [2.05, 4.69) is 5.32 Å². The first kappa shape index (κ1) is 9.31. The van der Waals surface area contributed by atoms with Gasteiger partial charge in [0.2, 0.25) is 0 Å². The smallest absolute Gasteiger partial charge is 0.120 e. The lowest BCUT2D eigenvalue weighted by atomic mass is 10.1. The summed E-state index contributed by atoms with van der Waals surface area (Å²) in [5, 5.41) is 3.15. The molecule has 76 valence electrons. The highest BCUT2D eigenvalue weighted by Gasteiger charge is 2.25. The number of hydrogen-bond acceptors (Lipinski definition) is 2. The fourth-order valence-electron chi connectivity index (χ4n) is 1.76. The summed E-state index contributed by atoms with van der Waals surface area (Å²) in [6, 6.07) is 5.73. The maximum Gasteiger partial charge on any atom is 0.120 e. The fourth-order valence-corrected chi connectivity index (χ4v) is 1.76. The number of methoxy groups -OCH3 is 1. The molecule has 0 saturated carbocycles. The van der Waals surface area contributed by atoms with Crippen molar-refractivity contribution < 1.29 is 9.13 Å². The van der Waals surface area contributed by atoms with E-state index in [1.807, 2.05) is 18.2 Å². The zero-order valence-corrected chi connectivity index (χ0v) is 8.38. The molecule has 1 aliphatic rings. The van der Waals surface area contributed by atoms with Crippen molar-refractivity contribution in [1.29, 1.82) is 0 Å². The van der Waals surface area contributed by atoms with Gasteiger partial charge in [-0.15, -0.1) is 0 Å². The third kappa shape index (κ3) is 1.54. The molecule has 0 saturated heterocycles. The lowest BCUT2D eigenvalue weighted by molar-refractivity contribution is 0.322. The van der Waals surface area contributed by atoms with Crippen LogP contribution in [0.2, 0.25) is 0 Å². The second-order valence-electron chi connectivity index (χ2n) is 3.66. The molecule has 1 N–H and O–H groups in total. The minimum atomic E-state index is -0.826. The van der Waals surface area contributed by atoms with Gasteiger partial charge in [-0.25, -0.2) is 4.39 Å². The third-order valence-corrected chi connectivity index (χ3v) is 2.65. The molecule has 2 unspecified atom stereocenters. The zero-order valence-electron chi connectivity index (χ0n) is 8.38. The quantitative estimate of drug-likeness (QED) is 0.782. The second kappa shape index (κ2) is 3.48. The van der Waals surface area contributed by atoms with Crippen molar-refractivity contribution >= 4 is 5.69 Å². The Morgan fingerprint density at radius 2 is 2.36 bits per heavy atom. The lowest BCUT2D eigenvalue weighted by Gasteiger charge is -2.11. The van der Waals surface area contributed by atoms with Crippen molar-refractivity contribution in [3.05, 3.63) is 23.8 Å². The maximum atomic E-state index is 13.1. The number of benzene rings is 1. The first-order valence-electron chi connectivity index (χ1n) is 4.78. The first-order valence-corrected chi connectivity index (χ1v) is 4.78. The molecule has 2 nitrogen and oxygen atoms in total. The van der Waals surface area contributed by atoms with Gasteiger partial charge in [-0.3, -0.25) is 0 Å². The van der Waals surface area contributed by atoms with E-state index in [1.54, 1.807) is 14.0 Å². The summed E-state index contributed by atoms with van der Waals surface area (Å²) in [5.74, 6) is 0.809. The van der Waals surface area contributed by atoms with Gasteiger partial charge in [-0.05, 0) is 25.0 Å². The highest BCUT2D eigenvalue weighted by Crippen LogP contribution is 2.31. The molecule has 14 heavy (non-hydrogen) atoms. The van der Waals surface area contributed by atoms with Gasteiger partial charge in [0, 0.05) is 11.8 Å². The average Bonchev–Trinajstić information content (AvgIpc) is 2.59. The van der Waals surface area contributed by atoms with E-state index in [1.165, 1.54) is 5.56 Å². The zero-order chi connectivity index (χ0) is 10.1. The fraction of sp³-hybridized carbons (Fsp3) is 0.455. The number of rotatable bonds is 2. The van der Waals surface area contributed by atoms with Crippen molar-refractivity contribution in [3.8, 4) is 5.75 Å². The summed E-state index contributed by atoms with van der Waals surface area (Å²) in [6.07, 6.45) is -0.0647. The number of anilines is 1. The summed E-state index contributed by atoms with van der Waals surface area (Å²) in [4.78, 5) is 0. The minimum Gasteiger partial charge on any atom is -0.497 e. The SMILES string of the molecule is COc1ccc2c(c1)NC(C(C)F)C2. The molecule has 1 heterocycles. The van der Waals surface area contributed by atoms with Crippen molar-refractivity contribution in [2.45, 2.75) is 25.6 Å². The van der Waals surface area contributed by atoms with Crippen molar-refractivity contribution in [2.75, 3.05) is 12.4 Å². The Morgan fingerprint density at radius 3 is 3.00 bits per heavy atom. The topological polar surface area (TPSA) is 21.3 Å². The number of fused-ring (bicyclic) bond motifs is 1. The second-order valence-corrected chi connectivity index (χ2v) is 3.66. The van der Waals surface area contributed by atoms with Gasteiger partial charge in [-0.2, -0.15) is 0 Å². The monoisotopic (exact) mass is 195 g/mol. The molecule has 0 spiro atoms. The Bertz CT molecular complexity index is 338. The van der Waals surface area contributed by atoms with Gasteiger partial charge in [-0.1, -0.05) is 6.07 Å². The number of hydrogen-bond donors (Lipinski definition) is 1. The van der Waals surface area contributed by atoms with Crippen LogP contribution in [-0.2, 0) is 6.42 Å². The molecule has 0 bridgehead atoms. The van der Waals surface area contributed by atoms with E-state index in [-0.39, 0.29) is 6.04 Å². The molecular weight excluding hydrogens is 181 g/mol. The van der Waals surface area contributed by atoms with Gasteiger partial charge < -0.3 is 10.1 Å². The van der Waals surface area contributed by atoms with Gasteiger partial charge >= 0.3 is 0 Å². The van der Waals surface area contributed by atoms with Crippen LogP contribution in [0.4, 0.5) is 10.1 Å². The maximum absolute atomic E-state index is 13.1. The first-order chi connectivity index (χ1) is 6.70. The van der Waals surface area contributed by atoms with Gasteiger partial charge in [0.05, 0.1) is 13.2 Å². The molecule has 1 aliphatic heterocycles. The summed E-state index contributed by atoms with van der Waals surface area (Å²) in [6.45, 7) is 1.58. The Balaban J connectivity index is 2.22. The molecule has 1 aromatic rings. The Hall–Kier alpha value is -1.25. The van der Waals surface area contributed by atoms with Gasteiger partial charge in [0.25, 0.3) is 0 Å². The van der Waals surface area contributed by atoms with Crippen molar-refractivity contribution in [3.63, 3.8) is 0 Å². The number of alkyl halides is 1. The molecular formula is C11H14FNO. The van der Waals surface area contributed by atoms with Crippen LogP contribution >= 0.6 is 0 Å². The van der Waals surface area contributed by atoms with E-state index >= 15 is 0 Å². The van der Waals surface area contributed by atoms with Crippen LogP contribution < -0.4 is 10.1 Å². The standard InChI is InChI=1S/C11H14FNO/c1-7(12)10-5-8-3-4-9(14-2)6-11(8)13-10/h3-4,6-7,10,13H,5H2,1-2H3. The predicted octanol–water partition coefficient (Wildman–Crippen LogP) is 2.39. The Morgan fingerprint density at radius 1 is 1.57 bits per heavy atom. The predicted molar refractivity (Wildman–Crippen MR) is 54.7 cm³/mol. The molecule has 0 amide bonds. The molecule has 0 radical (unpaired) electrons. The molecule has 2 atom stereocenters. The van der Waals surface area contributed by atoms with Gasteiger partial charge in [0.15, 0.2) is 0 Å². The number of halogens is 1. The molecule has 0 aliphatic carbocycles. The van der Waals surface area contributed by atoms with Gasteiger partial charge in [0.1, 0.15) is 11.9 Å². The van der Waals surface area contributed by atoms with Crippen LogP contribution in [0.15, 0.2) is 18.2 Å². The van der Waals surface area contributed by atoms with Crippen LogP contribution in [0.25, 0.3) is 0 Å². The molecule has 3 heteroatoms. The van der Waals surface area contributed by atoms with E-state index in [4.69, 9.17) is 4.74 Å². The highest BCUT2D eigenvalue weighted by molar-refractivity contribution is 5.60. The summed E-state index contributed by atoms with van der Waals surface area (Å²) in [7, 11) is 1.63. The minimum absolute atomic E-state index is 0.0860. The average molecular weight is 195 g/mol. The summed E-state index contributed by atoms with van der Waals surface area (Å²) in [5.41, 5.74) is 2.17. The van der Waals surface area contributed by atoms with E-state index in [9.17, 15) is 4.39 Å². The van der Waals surface area contributed by atoms with Crippen molar-refractivity contribution in [2.24, 2.45) is 0 Å². The molecule has 1 aromatic carbocycles. The normalized spacial score (nSPS) is 21.2. The molecule has 2 rings (SSSR count). The lowest BCUT2D eigenvalue weighted by Crippen LogP contribution is -2.25. The Labute approximate surface area is 83.1 Å².